The molecule has 0 radical (unpaired) electrons. The number of para-hydroxylation sites is 1. The van der Waals surface area contributed by atoms with Crippen molar-refractivity contribution in [2.45, 2.75) is 0 Å². The van der Waals surface area contributed by atoms with Gasteiger partial charge >= 0.3 is 10.2 Å². The normalized spacial score (nSPS) is 11.9. The third kappa shape index (κ3) is 1.75. The van der Waals surface area contributed by atoms with Crippen LogP contribution in [-0.4, -0.2) is 35.8 Å². The van der Waals surface area contributed by atoms with Crippen LogP contribution < -0.4 is 0 Å². The molecule has 0 unspecified atom stereocenters. The summed E-state index contributed by atoms with van der Waals surface area (Å²) in [4.78, 5) is 3.94. The van der Waals surface area contributed by atoms with Crippen LogP contribution >= 0.6 is 11.6 Å². The molecule has 0 N–H and O–H groups in total. The van der Waals surface area contributed by atoms with Gasteiger partial charge < -0.3 is 0 Å². The Bertz CT molecular complexity index is 758. The molecule has 0 aliphatic carbocycles. The van der Waals surface area contributed by atoms with Crippen LogP contribution in [0.1, 0.15) is 5.82 Å². The summed E-state index contributed by atoms with van der Waals surface area (Å²) in [5.41, 5.74) is 0.578. The van der Waals surface area contributed by atoms with Gasteiger partial charge in [0.25, 0.3) is 0 Å². The minimum absolute atomic E-state index is 0.216. The Kier molecular flexibility index (Phi) is 3.02. The minimum Gasteiger partial charge on any atom is -0.216 e. The van der Waals surface area contributed by atoms with Gasteiger partial charge in [-0.1, -0.05) is 17.7 Å². The fourth-order valence-corrected chi connectivity index (χ4v) is 2.75. The van der Waals surface area contributed by atoms with Crippen molar-refractivity contribution in [3.8, 4) is 6.07 Å². The maximum Gasteiger partial charge on any atom is 0.309 e. The van der Waals surface area contributed by atoms with Crippen molar-refractivity contribution in [3.63, 3.8) is 0 Å². The molecule has 0 spiro atoms. The van der Waals surface area contributed by atoms with Crippen molar-refractivity contribution in [2.24, 2.45) is 0 Å². The molecule has 6 nitrogen and oxygen atoms in total. The van der Waals surface area contributed by atoms with Gasteiger partial charge in [0.1, 0.15) is 11.6 Å². The fraction of sp³-hybridized carbons (Fsp3) is 0.200. The van der Waals surface area contributed by atoms with E-state index in [1.54, 1.807) is 24.3 Å². The standard InChI is InChI=1S/C10H9ClN4O2S/c1-14(2)18(16,17)15-8-5-3-4-7(11)10(8)13-9(15)6-12/h3-5H,1-2H3. The largest absolute Gasteiger partial charge is 0.309 e. The van der Waals surface area contributed by atoms with E-state index in [1.165, 1.54) is 14.1 Å². The molecule has 94 valence electrons. The van der Waals surface area contributed by atoms with Gasteiger partial charge in [0.05, 0.1) is 10.5 Å². The Hall–Kier alpha value is -1.62. The molecular weight excluding hydrogens is 276 g/mol. The van der Waals surface area contributed by atoms with Gasteiger partial charge in [-0.3, -0.25) is 0 Å². The first kappa shape index (κ1) is 12.8. The lowest BCUT2D eigenvalue weighted by molar-refractivity contribution is 0.511. The fourth-order valence-electron chi connectivity index (χ4n) is 1.51. The van der Waals surface area contributed by atoms with E-state index < -0.39 is 10.2 Å². The second-order valence-corrected chi connectivity index (χ2v) is 6.11. The highest BCUT2D eigenvalue weighted by atomic mass is 35.5. The molecule has 0 bridgehead atoms. The lowest BCUT2D eigenvalue weighted by Gasteiger charge is -2.13. The van der Waals surface area contributed by atoms with E-state index in [-0.39, 0.29) is 11.3 Å². The zero-order valence-corrected chi connectivity index (χ0v) is 11.2. The lowest BCUT2D eigenvalue weighted by atomic mass is 10.3. The van der Waals surface area contributed by atoms with Crippen LogP contribution in [0.4, 0.5) is 0 Å². The van der Waals surface area contributed by atoms with Crippen LogP contribution in [-0.2, 0) is 10.2 Å². The smallest absolute Gasteiger partial charge is 0.216 e. The molecule has 0 aliphatic rings. The Balaban J connectivity index is 2.95. The Morgan fingerprint density at radius 3 is 2.67 bits per heavy atom. The summed E-state index contributed by atoms with van der Waals surface area (Å²) < 4.78 is 26.2. The van der Waals surface area contributed by atoms with Crippen LogP contribution in [0.3, 0.4) is 0 Å². The van der Waals surface area contributed by atoms with E-state index in [9.17, 15) is 8.42 Å². The Morgan fingerprint density at radius 1 is 1.44 bits per heavy atom. The molecule has 18 heavy (non-hydrogen) atoms. The van der Waals surface area contributed by atoms with Crippen molar-refractivity contribution in [3.05, 3.63) is 29.0 Å². The average molecular weight is 285 g/mol. The van der Waals surface area contributed by atoms with Gasteiger partial charge in [-0.05, 0) is 12.1 Å². The lowest BCUT2D eigenvalue weighted by Crippen LogP contribution is -2.29. The first-order valence-corrected chi connectivity index (χ1v) is 6.67. The highest BCUT2D eigenvalue weighted by Crippen LogP contribution is 2.25. The third-order valence-electron chi connectivity index (χ3n) is 2.39. The van der Waals surface area contributed by atoms with E-state index in [4.69, 9.17) is 16.9 Å². The van der Waals surface area contributed by atoms with Gasteiger partial charge in [-0.25, -0.2) is 4.98 Å². The number of halogens is 1. The number of hydrogen-bond donors (Lipinski definition) is 0. The monoisotopic (exact) mass is 284 g/mol. The maximum atomic E-state index is 12.2. The number of rotatable bonds is 2. The first-order chi connectivity index (χ1) is 8.39. The van der Waals surface area contributed by atoms with Crippen LogP contribution in [0, 0.1) is 11.3 Å². The summed E-state index contributed by atoms with van der Waals surface area (Å²) in [5.74, 6) is -0.216. The minimum atomic E-state index is -3.81. The van der Waals surface area contributed by atoms with E-state index in [0.717, 1.165) is 8.28 Å². The summed E-state index contributed by atoms with van der Waals surface area (Å²) in [5, 5.41) is 9.30. The number of imidazole rings is 1. The van der Waals surface area contributed by atoms with Gasteiger partial charge in [0, 0.05) is 14.1 Å². The molecule has 1 aromatic heterocycles. The number of fused-ring (bicyclic) bond motifs is 1. The van der Waals surface area contributed by atoms with Crippen molar-refractivity contribution < 1.29 is 8.42 Å². The van der Waals surface area contributed by atoms with Crippen molar-refractivity contribution in [1.82, 2.24) is 13.3 Å². The van der Waals surface area contributed by atoms with Crippen LogP contribution in [0.5, 0.6) is 0 Å². The molecule has 0 fully saturated rings. The van der Waals surface area contributed by atoms with Gasteiger partial charge in [-0.15, -0.1) is 0 Å². The molecule has 0 saturated heterocycles. The predicted molar refractivity (Wildman–Crippen MR) is 67.5 cm³/mol. The molecule has 8 heteroatoms. The Morgan fingerprint density at radius 2 is 2.11 bits per heavy atom. The van der Waals surface area contributed by atoms with Crippen LogP contribution in [0.2, 0.25) is 5.02 Å². The van der Waals surface area contributed by atoms with Crippen molar-refractivity contribution in [2.75, 3.05) is 14.1 Å². The van der Waals surface area contributed by atoms with Crippen molar-refractivity contribution >= 4 is 32.8 Å². The third-order valence-corrected chi connectivity index (χ3v) is 4.45. The second-order valence-electron chi connectivity index (χ2n) is 3.71. The second kappa shape index (κ2) is 4.24. The summed E-state index contributed by atoms with van der Waals surface area (Å²) in [6.45, 7) is 0. The highest BCUT2D eigenvalue weighted by Gasteiger charge is 2.24. The summed E-state index contributed by atoms with van der Waals surface area (Å²) in [7, 11) is -1.05. The predicted octanol–water partition coefficient (Wildman–Crippen LogP) is 1.22. The van der Waals surface area contributed by atoms with Gasteiger partial charge in [0.15, 0.2) is 0 Å². The van der Waals surface area contributed by atoms with E-state index in [2.05, 4.69) is 4.98 Å². The summed E-state index contributed by atoms with van der Waals surface area (Å²) in [6, 6.07) is 6.51. The van der Waals surface area contributed by atoms with Gasteiger partial charge in [0.2, 0.25) is 5.82 Å². The number of nitriles is 1. The topological polar surface area (TPSA) is 79.0 Å². The number of aromatic nitrogens is 2. The average Bonchev–Trinajstić information content (AvgIpc) is 2.69. The molecule has 1 heterocycles. The zero-order valence-electron chi connectivity index (χ0n) is 9.62. The maximum absolute atomic E-state index is 12.2. The number of hydrogen-bond acceptors (Lipinski definition) is 4. The summed E-state index contributed by atoms with van der Waals surface area (Å²) >= 11 is 5.94. The molecule has 0 saturated carbocycles. The molecule has 2 rings (SSSR count). The highest BCUT2D eigenvalue weighted by molar-refractivity contribution is 7.87. The SMILES string of the molecule is CN(C)S(=O)(=O)n1c(C#N)nc2c(Cl)cccc21. The van der Waals surface area contributed by atoms with E-state index in [0.29, 0.717) is 10.5 Å². The molecule has 2 aromatic rings. The quantitative estimate of drug-likeness (QED) is 0.830. The molecule has 1 aromatic carbocycles. The van der Waals surface area contributed by atoms with E-state index >= 15 is 0 Å². The van der Waals surface area contributed by atoms with E-state index in [1.807, 2.05) is 0 Å². The van der Waals surface area contributed by atoms with Crippen LogP contribution in [0.25, 0.3) is 11.0 Å². The summed E-state index contributed by atoms with van der Waals surface area (Å²) in [6.07, 6.45) is 0. The molecule has 0 atom stereocenters. The van der Waals surface area contributed by atoms with Gasteiger partial charge in [-0.2, -0.15) is 22.0 Å². The van der Waals surface area contributed by atoms with Crippen LogP contribution in [0.15, 0.2) is 18.2 Å². The van der Waals surface area contributed by atoms with Crippen molar-refractivity contribution in [1.29, 1.82) is 5.26 Å². The first-order valence-electron chi connectivity index (χ1n) is 4.89. The molecule has 0 aliphatic heterocycles. The Labute approximate surface area is 109 Å². The number of benzene rings is 1. The number of nitrogens with zero attached hydrogens (tertiary/aromatic N) is 4. The molecular formula is C10H9ClN4O2S. The molecule has 0 amide bonds. The zero-order chi connectivity index (χ0) is 13.5.